The van der Waals surface area contributed by atoms with E-state index in [9.17, 15) is 0 Å². The molecule has 6 heavy (non-hydrogen) atoms. The van der Waals surface area contributed by atoms with Crippen LogP contribution >= 0.6 is 0 Å². The second-order valence-corrected chi connectivity index (χ2v) is 0.779. The quantitative estimate of drug-likeness (QED) is 0.395. The Morgan fingerprint density at radius 2 is 2.17 bits per heavy atom. The van der Waals surface area contributed by atoms with Gasteiger partial charge in [-0.25, -0.2) is 0 Å². The largest absolute Gasteiger partial charge is 0.512 e. The van der Waals surface area contributed by atoms with Crippen LogP contribution < -0.4 is 0 Å². The zero-order chi connectivity index (χ0) is 4.99. The summed E-state index contributed by atoms with van der Waals surface area (Å²) in [5.74, 6) is -0.421. The molecule has 0 aliphatic rings. The molecule has 3 heteroatoms. The Morgan fingerprint density at radius 3 is 2.17 bits per heavy atom. The summed E-state index contributed by atoms with van der Waals surface area (Å²) in [6.07, 6.45) is 0.444. The second kappa shape index (κ2) is 2.53. The molecule has 0 saturated heterocycles. The van der Waals surface area contributed by atoms with Gasteiger partial charge in [-0.15, -0.1) is 0 Å². The van der Waals surface area contributed by atoms with Crippen molar-refractivity contribution >= 4 is 0 Å². The minimum atomic E-state index is -0.503. The van der Waals surface area contributed by atoms with Gasteiger partial charge in [0.2, 0.25) is 0 Å². The van der Waals surface area contributed by atoms with Gasteiger partial charge in [-0.3, -0.25) is 0 Å². The van der Waals surface area contributed by atoms with Crippen molar-refractivity contribution in [1.29, 1.82) is 0 Å². The summed E-state index contributed by atoms with van der Waals surface area (Å²) in [6, 6.07) is 0. The Hall–Kier alpha value is -0.700. The lowest BCUT2D eigenvalue weighted by Crippen LogP contribution is -1.85. The summed E-state index contributed by atoms with van der Waals surface area (Å²) in [6.45, 7) is -0.503. The van der Waals surface area contributed by atoms with Gasteiger partial charge in [0.1, 0.15) is 12.9 Å². The summed E-state index contributed by atoms with van der Waals surface area (Å²) in [5.41, 5.74) is 0. The van der Waals surface area contributed by atoms with E-state index in [1.165, 1.54) is 0 Å². The normalized spacial score (nSPS) is 11.8. The van der Waals surface area contributed by atoms with Gasteiger partial charge in [-0.2, -0.15) is 0 Å². The lowest BCUT2D eigenvalue weighted by Gasteiger charge is -1.83. The molecule has 0 radical (unpaired) electrons. The molecule has 0 rings (SSSR count). The van der Waals surface area contributed by atoms with E-state index in [0.717, 1.165) is 0 Å². The molecule has 0 fully saturated rings. The van der Waals surface area contributed by atoms with Gasteiger partial charge < -0.3 is 15.3 Å². The molecule has 0 amide bonds. The van der Waals surface area contributed by atoms with Crippen LogP contribution in [0.25, 0.3) is 0 Å². The van der Waals surface area contributed by atoms with Crippen LogP contribution in [0.2, 0.25) is 0 Å². The molecule has 0 saturated carbocycles. The summed E-state index contributed by atoms with van der Waals surface area (Å²) >= 11 is 0. The number of rotatable bonds is 1. The van der Waals surface area contributed by atoms with Crippen LogP contribution in [0.4, 0.5) is 0 Å². The molecule has 0 aliphatic heterocycles. The molecular weight excluding hydrogens is 84.0 g/mol. The highest BCUT2D eigenvalue weighted by Crippen LogP contribution is 1.77. The van der Waals surface area contributed by atoms with Gasteiger partial charge >= 0.3 is 0 Å². The van der Waals surface area contributed by atoms with Crippen molar-refractivity contribution in [3.8, 4) is 0 Å². The first kappa shape index (κ1) is 5.30. The van der Waals surface area contributed by atoms with Gasteiger partial charge in [0.15, 0.2) is 5.76 Å². The Labute approximate surface area is 35.2 Å². The fourth-order valence-electron chi connectivity index (χ4n) is 0.0408. The van der Waals surface area contributed by atoms with E-state index in [0.29, 0.717) is 6.26 Å². The standard InChI is InChI=1S/C3H6O3/c4-1-3(6)2-5/h1,4-6H,2H2/b3-1-. The van der Waals surface area contributed by atoms with E-state index >= 15 is 0 Å². The SMILES string of the molecule is O/C=C(\O)CO. The van der Waals surface area contributed by atoms with Crippen molar-refractivity contribution in [2.45, 2.75) is 0 Å². The highest BCUT2D eigenvalue weighted by Gasteiger charge is 1.80. The predicted octanol–water partition coefficient (Wildman–Crippen LogP) is -0.0639. The first-order chi connectivity index (χ1) is 2.81. The molecule has 0 bridgehead atoms. The van der Waals surface area contributed by atoms with E-state index in [1.54, 1.807) is 0 Å². The van der Waals surface area contributed by atoms with E-state index < -0.39 is 12.4 Å². The summed E-state index contributed by atoms with van der Waals surface area (Å²) < 4.78 is 0. The molecular formula is C3H6O3. The molecule has 0 aliphatic carbocycles. The Balaban J connectivity index is 3.22. The van der Waals surface area contributed by atoms with Gasteiger partial charge in [0, 0.05) is 0 Å². The number of aliphatic hydroxyl groups is 3. The minimum Gasteiger partial charge on any atom is -0.512 e. The van der Waals surface area contributed by atoms with Crippen molar-refractivity contribution < 1.29 is 15.3 Å². The van der Waals surface area contributed by atoms with Crippen molar-refractivity contribution in [3.05, 3.63) is 12.0 Å². The number of hydrogen-bond donors (Lipinski definition) is 3. The van der Waals surface area contributed by atoms with Gasteiger partial charge in [-0.05, 0) is 0 Å². The molecule has 0 aromatic carbocycles. The zero-order valence-electron chi connectivity index (χ0n) is 3.13. The monoisotopic (exact) mass is 90.0 g/mol. The average Bonchev–Trinajstić information content (AvgIpc) is 1.65. The van der Waals surface area contributed by atoms with E-state index in [-0.39, 0.29) is 0 Å². The maximum atomic E-state index is 8.03. The average molecular weight is 90.1 g/mol. The van der Waals surface area contributed by atoms with Crippen LogP contribution in [0.15, 0.2) is 12.0 Å². The van der Waals surface area contributed by atoms with Crippen molar-refractivity contribution in [1.82, 2.24) is 0 Å². The first-order valence-electron chi connectivity index (χ1n) is 1.44. The van der Waals surface area contributed by atoms with Crippen LogP contribution in [0.5, 0.6) is 0 Å². The number of hydrogen-bond acceptors (Lipinski definition) is 3. The van der Waals surface area contributed by atoms with Crippen LogP contribution in [0.1, 0.15) is 0 Å². The molecule has 3 N–H and O–H groups in total. The van der Waals surface area contributed by atoms with Crippen molar-refractivity contribution in [3.63, 3.8) is 0 Å². The van der Waals surface area contributed by atoms with Crippen molar-refractivity contribution in [2.24, 2.45) is 0 Å². The first-order valence-corrected chi connectivity index (χ1v) is 1.44. The number of aliphatic hydroxyl groups excluding tert-OH is 3. The molecule has 3 nitrogen and oxygen atoms in total. The van der Waals surface area contributed by atoms with E-state index in [1.807, 2.05) is 0 Å². The Morgan fingerprint density at radius 1 is 1.67 bits per heavy atom. The van der Waals surface area contributed by atoms with E-state index in [4.69, 9.17) is 15.3 Å². The van der Waals surface area contributed by atoms with Crippen LogP contribution in [-0.2, 0) is 0 Å². The van der Waals surface area contributed by atoms with Gasteiger partial charge in [0.05, 0.1) is 0 Å². The lowest BCUT2D eigenvalue weighted by molar-refractivity contribution is 0.239. The Kier molecular flexibility index (Phi) is 2.24. The fourth-order valence-corrected chi connectivity index (χ4v) is 0.0408. The maximum absolute atomic E-state index is 8.03. The predicted molar refractivity (Wildman–Crippen MR) is 20.4 cm³/mol. The van der Waals surface area contributed by atoms with E-state index in [2.05, 4.69) is 0 Å². The third-order valence-corrected chi connectivity index (χ3v) is 0.311. The fraction of sp³-hybridized carbons (Fsp3) is 0.333. The van der Waals surface area contributed by atoms with Crippen molar-refractivity contribution in [2.75, 3.05) is 6.61 Å². The molecule has 36 valence electrons. The van der Waals surface area contributed by atoms with Crippen LogP contribution in [-0.4, -0.2) is 21.9 Å². The van der Waals surface area contributed by atoms with Crippen LogP contribution in [0.3, 0.4) is 0 Å². The molecule has 0 heterocycles. The van der Waals surface area contributed by atoms with Crippen LogP contribution in [0, 0.1) is 0 Å². The zero-order valence-corrected chi connectivity index (χ0v) is 3.13. The Bertz CT molecular complexity index is 57.1. The molecule has 0 atom stereocenters. The highest BCUT2D eigenvalue weighted by molar-refractivity contribution is 4.80. The second-order valence-electron chi connectivity index (χ2n) is 0.779. The smallest absolute Gasteiger partial charge is 0.152 e. The molecule has 0 unspecified atom stereocenters. The lowest BCUT2D eigenvalue weighted by atomic mass is 10.6. The molecule has 0 aromatic rings. The highest BCUT2D eigenvalue weighted by atomic mass is 16.3. The molecule has 0 aromatic heterocycles. The van der Waals surface area contributed by atoms with Gasteiger partial charge in [0.25, 0.3) is 0 Å². The third kappa shape index (κ3) is 1.60. The molecule has 0 spiro atoms. The van der Waals surface area contributed by atoms with Gasteiger partial charge in [-0.1, -0.05) is 0 Å². The maximum Gasteiger partial charge on any atom is 0.152 e. The third-order valence-electron chi connectivity index (χ3n) is 0.311. The minimum absolute atomic E-state index is 0.421. The topological polar surface area (TPSA) is 60.7 Å². The summed E-state index contributed by atoms with van der Waals surface area (Å²) in [4.78, 5) is 0. The summed E-state index contributed by atoms with van der Waals surface area (Å²) in [5, 5.41) is 23.6. The summed E-state index contributed by atoms with van der Waals surface area (Å²) in [7, 11) is 0.